The van der Waals surface area contributed by atoms with Gasteiger partial charge in [-0.1, -0.05) is 19.9 Å². The minimum Gasteiger partial charge on any atom is -0.480 e. The highest BCUT2D eigenvalue weighted by molar-refractivity contribution is 5.75. The Morgan fingerprint density at radius 3 is 1.78 bits per heavy atom. The van der Waals surface area contributed by atoms with Crippen molar-refractivity contribution in [2.24, 2.45) is 11.7 Å². The minimum atomic E-state index is -1.38. The van der Waals surface area contributed by atoms with Gasteiger partial charge in [0, 0.05) is 5.92 Å². The molecule has 0 saturated heterocycles. The summed E-state index contributed by atoms with van der Waals surface area (Å²) in [5.41, 5.74) is 4.61. The second kappa shape index (κ2) is 12.8. The van der Waals surface area contributed by atoms with Gasteiger partial charge in [0.05, 0.1) is 12.0 Å². The smallest absolute Gasteiger partial charge is 0.480 e. The molecule has 0 aliphatic carbocycles. The molecule has 11 heteroatoms. The Morgan fingerprint density at radius 2 is 1.35 bits per heavy atom. The van der Waals surface area contributed by atoms with Crippen molar-refractivity contribution in [1.82, 2.24) is 0 Å². The molecule has 37 heavy (non-hydrogen) atoms. The van der Waals surface area contributed by atoms with Gasteiger partial charge in [-0.05, 0) is 72.6 Å². The fourth-order valence-corrected chi connectivity index (χ4v) is 3.04. The summed E-state index contributed by atoms with van der Waals surface area (Å²) in [6.45, 7) is 14.9. The zero-order chi connectivity index (χ0) is 28.7. The average molecular weight is 526 g/mol. The number of carbonyl (C=O) groups is 4. The predicted octanol–water partition coefficient (Wildman–Crippen LogP) is 4.79. The van der Waals surface area contributed by atoms with Crippen LogP contribution in [0.3, 0.4) is 0 Å². The highest BCUT2D eigenvalue weighted by atomic mass is 16.8. The third-order valence-corrected chi connectivity index (χ3v) is 4.65. The third-order valence-electron chi connectivity index (χ3n) is 4.65. The number of carboxylic acids is 1. The maximum Gasteiger partial charge on any atom is 0.514 e. The van der Waals surface area contributed by atoms with Gasteiger partial charge < -0.3 is 34.5 Å². The first-order valence-electron chi connectivity index (χ1n) is 11.9. The van der Waals surface area contributed by atoms with Crippen LogP contribution in [0.25, 0.3) is 0 Å². The summed E-state index contributed by atoms with van der Waals surface area (Å²) in [5, 5.41) is 9.60. The second-order valence-electron chi connectivity index (χ2n) is 10.9. The summed E-state index contributed by atoms with van der Waals surface area (Å²) in [6.07, 6.45) is -2.72. The van der Waals surface area contributed by atoms with Crippen molar-refractivity contribution in [2.75, 3.05) is 0 Å². The van der Waals surface area contributed by atoms with Crippen LogP contribution in [0, 0.1) is 5.92 Å². The van der Waals surface area contributed by atoms with Gasteiger partial charge in [0.2, 0.25) is 0 Å². The molecule has 0 bridgehead atoms. The molecule has 2 unspecified atom stereocenters. The van der Waals surface area contributed by atoms with E-state index >= 15 is 0 Å². The molecule has 0 aliphatic rings. The molecular weight excluding hydrogens is 486 g/mol. The van der Waals surface area contributed by atoms with E-state index in [0.29, 0.717) is 5.56 Å². The minimum absolute atomic E-state index is 0.0596. The van der Waals surface area contributed by atoms with Crippen molar-refractivity contribution >= 4 is 24.2 Å². The highest BCUT2D eigenvalue weighted by Gasteiger charge is 2.31. The Hall–Kier alpha value is -3.34. The summed E-state index contributed by atoms with van der Waals surface area (Å²) < 4.78 is 26.3. The van der Waals surface area contributed by atoms with Crippen molar-refractivity contribution in [3.8, 4) is 11.5 Å². The quantitative estimate of drug-likeness (QED) is 0.259. The molecule has 3 atom stereocenters. The van der Waals surface area contributed by atoms with Gasteiger partial charge in [0.15, 0.2) is 11.5 Å². The second-order valence-corrected chi connectivity index (χ2v) is 10.9. The molecule has 0 aromatic heterocycles. The van der Waals surface area contributed by atoms with E-state index in [2.05, 4.69) is 0 Å². The van der Waals surface area contributed by atoms with Gasteiger partial charge in [0.1, 0.15) is 17.2 Å². The lowest BCUT2D eigenvalue weighted by atomic mass is 9.87. The number of nitrogens with two attached hydrogens (primary N) is 1. The van der Waals surface area contributed by atoms with Crippen molar-refractivity contribution in [2.45, 2.75) is 98.0 Å². The first kappa shape index (κ1) is 31.7. The molecule has 0 radical (unpaired) electrons. The molecule has 1 aromatic rings. The first-order chi connectivity index (χ1) is 16.8. The largest absolute Gasteiger partial charge is 0.514 e. The van der Waals surface area contributed by atoms with Crippen LogP contribution in [0.4, 0.5) is 9.59 Å². The molecule has 0 spiro atoms. The van der Waals surface area contributed by atoms with Crippen LogP contribution in [0.5, 0.6) is 11.5 Å². The van der Waals surface area contributed by atoms with Crippen molar-refractivity contribution in [1.29, 1.82) is 0 Å². The SMILES string of the molecule is CC(CC(c1ccc(OC(=O)OC(C)(C)C)c(OC(=O)OC(C)(C)C)c1)[C@H](N)C(=O)O)OC(=O)C(C)C. The molecule has 0 aliphatic heterocycles. The first-order valence-corrected chi connectivity index (χ1v) is 11.9. The van der Waals surface area contributed by atoms with E-state index in [0.717, 1.165) is 0 Å². The lowest BCUT2D eigenvalue weighted by Gasteiger charge is -2.26. The van der Waals surface area contributed by atoms with Crippen molar-refractivity contribution in [3.63, 3.8) is 0 Å². The van der Waals surface area contributed by atoms with Crippen molar-refractivity contribution in [3.05, 3.63) is 23.8 Å². The van der Waals surface area contributed by atoms with Crippen LogP contribution in [0.15, 0.2) is 18.2 Å². The number of rotatable bonds is 9. The summed E-state index contributed by atoms with van der Waals surface area (Å²) >= 11 is 0. The number of esters is 1. The number of carboxylic acid groups (broad SMARTS) is 1. The summed E-state index contributed by atoms with van der Waals surface area (Å²) in [4.78, 5) is 48.4. The van der Waals surface area contributed by atoms with Gasteiger partial charge in [-0.3, -0.25) is 9.59 Å². The van der Waals surface area contributed by atoms with Crippen LogP contribution in [0.2, 0.25) is 0 Å². The van der Waals surface area contributed by atoms with E-state index in [1.807, 2.05) is 0 Å². The Bertz CT molecular complexity index is 975. The third kappa shape index (κ3) is 11.5. The molecular formula is C26H39NO10. The zero-order valence-electron chi connectivity index (χ0n) is 22.9. The topological polar surface area (TPSA) is 161 Å². The monoisotopic (exact) mass is 525 g/mol. The molecule has 0 saturated carbocycles. The number of carbonyl (C=O) groups excluding carboxylic acids is 3. The van der Waals surface area contributed by atoms with Crippen molar-refractivity contribution < 1.29 is 48.0 Å². The van der Waals surface area contributed by atoms with E-state index in [1.165, 1.54) is 18.2 Å². The van der Waals surface area contributed by atoms with Gasteiger partial charge >= 0.3 is 24.2 Å². The Labute approximate surface area is 217 Å². The highest BCUT2D eigenvalue weighted by Crippen LogP contribution is 2.35. The van der Waals surface area contributed by atoms with E-state index in [9.17, 15) is 24.3 Å². The van der Waals surface area contributed by atoms with Crippen LogP contribution in [-0.4, -0.2) is 52.7 Å². The Morgan fingerprint density at radius 1 is 0.865 bits per heavy atom. The normalized spacial score (nSPS) is 14.2. The van der Waals surface area contributed by atoms with Gasteiger partial charge in [-0.25, -0.2) is 9.59 Å². The summed E-state index contributed by atoms with van der Waals surface area (Å²) in [5.74, 6) is -3.32. The molecule has 0 amide bonds. The lowest BCUT2D eigenvalue weighted by Crippen LogP contribution is -2.38. The number of benzene rings is 1. The predicted molar refractivity (Wildman–Crippen MR) is 134 cm³/mol. The summed E-state index contributed by atoms with van der Waals surface area (Å²) in [7, 11) is 0. The van der Waals surface area contributed by atoms with Gasteiger partial charge in [0.25, 0.3) is 0 Å². The van der Waals surface area contributed by atoms with E-state index < -0.39 is 53.5 Å². The molecule has 11 nitrogen and oxygen atoms in total. The lowest BCUT2D eigenvalue weighted by molar-refractivity contribution is -0.152. The maximum absolute atomic E-state index is 12.4. The fraction of sp³-hybridized carbons (Fsp3) is 0.615. The van der Waals surface area contributed by atoms with Crippen LogP contribution in [0.1, 0.15) is 80.2 Å². The Balaban J connectivity index is 3.41. The molecule has 1 aromatic carbocycles. The number of aliphatic carboxylic acids is 1. The standard InChI is InChI=1S/C26H39NO10/c1-14(2)22(30)33-15(3)12-17(20(27)21(28)29)16-10-11-18(34-23(31)36-25(4,5)6)19(13-16)35-24(32)37-26(7,8)9/h10-11,13-15,17,20H,12,27H2,1-9H3,(H,28,29)/t15?,17?,20-/m0/s1. The zero-order valence-corrected chi connectivity index (χ0v) is 22.9. The molecule has 3 N–H and O–H groups in total. The van der Waals surface area contributed by atoms with Crippen LogP contribution >= 0.6 is 0 Å². The maximum atomic E-state index is 12.4. The molecule has 0 fully saturated rings. The number of hydrogen-bond acceptors (Lipinski definition) is 10. The Kier molecular flexibility index (Phi) is 10.9. The molecule has 0 heterocycles. The molecule has 208 valence electrons. The molecule has 1 rings (SSSR count). The summed E-state index contributed by atoms with van der Waals surface area (Å²) in [6, 6.07) is 2.75. The number of ether oxygens (including phenoxy) is 5. The van der Waals surface area contributed by atoms with Crippen LogP contribution < -0.4 is 15.2 Å². The van der Waals surface area contributed by atoms with E-state index in [-0.39, 0.29) is 23.8 Å². The fourth-order valence-electron chi connectivity index (χ4n) is 3.04. The van der Waals surface area contributed by atoms with E-state index in [1.54, 1.807) is 62.3 Å². The van der Waals surface area contributed by atoms with Crippen LogP contribution in [-0.2, 0) is 23.8 Å². The number of hydrogen-bond donors (Lipinski definition) is 2. The average Bonchev–Trinajstić information content (AvgIpc) is 2.69. The van der Waals surface area contributed by atoms with Gasteiger partial charge in [-0.2, -0.15) is 0 Å². The van der Waals surface area contributed by atoms with E-state index in [4.69, 9.17) is 29.4 Å². The van der Waals surface area contributed by atoms with Gasteiger partial charge in [-0.15, -0.1) is 0 Å².